The predicted octanol–water partition coefficient (Wildman–Crippen LogP) is 6.39. The van der Waals surface area contributed by atoms with Gasteiger partial charge in [-0.15, -0.1) is 0 Å². The van der Waals surface area contributed by atoms with E-state index in [1.165, 1.54) is 44.1 Å². The molecule has 3 nitrogen and oxygen atoms in total. The van der Waals surface area contributed by atoms with Crippen molar-refractivity contribution in [3.05, 3.63) is 42.0 Å². The van der Waals surface area contributed by atoms with Crippen LogP contribution in [0.3, 0.4) is 0 Å². The standard InChI is InChI=1S/C24H34N2O/c1-4-6-19-8-10-20(11-9-19)17-27-23-13-12-21(14-18(23)3)22-15-25-24(7-5-2)26-16-22/h12-16,19-20H,4-11,17H2,1-3H3. The zero-order valence-corrected chi connectivity index (χ0v) is 17.2. The molecule has 1 aliphatic carbocycles. The first kappa shape index (κ1) is 19.9. The van der Waals surface area contributed by atoms with Crippen LogP contribution in [0.5, 0.6) is 5.75 Å². The predicted molar refractivity (Wildman–Crippen MR) is 112 cm³/mol. The van der Waals surface area contributed by atoms with Crippen LogP contribution >= 0.6 is 0 Å². The lowest BCUT2D eigenvalue weighted by Crippen LogP contribution is -2.20. The molecule has 146 valence electrons. The smallest absolute Gasteiger partial charge is 0.128 e. The van der Waals surface area contributed by atoms with Crippen molar-refractivity contribution < 1.29 is 4.74 Å². The van der Waals surface area contributed by atoms with Crippen LogP contribution in [0.15, 0.2) is 30.6 Å². The van der Waals surface area contributed by atoms with Crippen molar-refractivity contribution in [2.24, 2.45) is 11.8 Å². The van der Waals surface area contributed by atoms with Gasteiger partial charge in [-0.2, -0.15) is 0 Å². The molecular formula is C24H34N2O. The van der Waals surface area contributed by atoms with Crippen LogP contribution in [0, 0.1) is 18.8 Å². The summed E-state index contributed by atoms with van der Waals surface area (Å²) in [7, 11) is 0. The van der Waals surface area contributed by atoms with E-state index in [0.29, 0.717) is 0 Å². The van der Waals surface area contributed by atoms with E-state index in [2.05, 4.69) is 48.9 Å². The summed E-state index contributed by atoms with van der Waals surface area (Å²) in [5, 5.41) is 0. The van der Waals surface area contributed by atoms with Gasteiger partial charge in [-0.25, -0.2) is 9.97 Å². The average Bonchev–Trinajstić information content (AvgIpc) is 2.69. The summed E-state index contributed by atoms with van der Waals surface area (Å²) in [4.78, 5) is 8.94. The minimum Gasteiger partial charge on any atom is -0.493 e. The summed E-state index contributed by atoms with van der Waals surface area (Å²) in [5.74, 6) is 3.61. The summed E-state index contributed by atoms with van der Waals surface area (Å²) < 4.78 is 6.18. The van der Waals surface area contributed by atoms with E-state index in [9.17, 15) is 0 Å². The third kappa shape index (κ3) is 5.54. The highest BCUT2D eigenvalue weighted by Gasteiger charge is 2.21. The van der Waals surface area contributed by atoms with Gasteiger partial charge in [0.2, 0.25) is 0 Å². The lowest BCUT2D eigenvalue weighted by molar-refractivity contribution is 0.178. The fourth-order valence-electron chi connectivity index (χ4n) is 4.15. The maximum absolute atomic E-state index is 6.18. The largest absolute Gasteiger partial charge is 0.493 e. The van der Waals surface area contributed by atoms with Crippen LogP contribution in [-0.4, -0.2) is 16.6 Å². The molecule has 0 saturated heterocycles. The van der Waals surface area contributed by atoms with Crippen LogP contribution < -0.4 is 4.74 Å². The highest BCUT2D eigenvalue weighted by Crippen LogP contribution is 2.32. The first-order valence-corrected chi connectivity index (χ1v) is 10.7. The lowest BCUT2D eigenvalue weighted by Gasteiger charge is -2.28. The maximum Gasteiger partial charge on any atom is 0.128 e. The van der Waals surface area contributed by atoms with Crippen LogP contribution in [0.4, 0.5) is 0 Å². The van der Waals surface area contributed by atoms with E-state index in [1.54, 1.807) is 0 Å². The molecule has 1 aromatic heterocycles. The number of nitrogens with zero attached hydrogens (tertiary/aromatic N) is 2. The van der Waals surface area contributed by atoms with Gasteiger partial charge < -0.3 is 4.74 Å². The Morgan fingerprint density at radius 1 is 0.926 bits per heavy atom. The molecule has 0 aliphatic heterocycles. The van der Waals surface area contributed by atoms with Gasteiger partial charge in [0, 0.05) is 24.4 Å². The van der Waals surface area contributed by atoms with Crippen LogP contribution in [-0.2, 0) is 6.42 Å². The number of ether oxygens (including phenoxy) is 1. The SMILES string of the molecule is CCCc1ncc(-c2ccc(OCC3CCC(CCC)CC3)c(C)c2)cn1. The summed E-state index contributed by atoms with van der Waals surface area (Å²) in [6.07, 6.45) is 14.0. The Morgan fingerprint density at radius 3 is 2.26 bits per heavy atom. The third-order valence-electron chi connectivity index (χ3n) is 5.82. The highest BCUT2D eigenvalue weighted by atomic mass is 16.5. The number of rotatable bonds is 8. The summed E-state index contributed by atoms with van der Waals surface area (Å²) in [6, 6.07) is 6.41. The van der Waals surface area contributed by atoms with Crippen LogP contribution in [0.1, 0.15) is 70.2 Å². The molecule has 0 bridgehead atoms. The maximum atomic E-state index is 6.18. The monoisotopic (exact) mass is 366 g/mol. The number of benzene rings is 1. The first-order valence-electron chi connectivity index (χ1n) is 10.7. The van der Waals surface area contributed by atoms with E-state index >= 15 is 0 Å². The molecule has 1 aromatic carbocycles. The van der Waals surface area contributed by atoms with Gasteiger partial charge in [0.15, 0.2) is 0 Å². The molecule has 0 amide bonds. The second-order valence-corrected chi connectivity index (χ2v) is 8.10. The van der Waals surface area contributed by atoms with Crippen LogP contribution in [0.25, 0.3) is 11.1 Å². The quantitative estimate of drug-likeness (QED) is 0.543. The second kappa shape index (κ2) is 9.87. The zero-order valence-electron chi connectivity index (χ0n) is 17.2. The van der Waals surface area contributed by atoms with Crippen molar-refractivity contribution in [3.8, 4) is 16.9 Å². The van der Waals surface area contributed by atoms with Gasteiger partial charge in [0.1, 0.15) is 11.6 Å². The topological polar surface area (TPSA) is 35.0 Å². The van der Waals surface area contributed by atoms with Crippen molar-refractivity contribution in [1.82, 2.24) is 9.97 Å². The highest BCUT2D eigenvalue weighted by molar-refractivity contribution is 5.64. The Morgan fingerprint density at radius 2 is 1.63 bits per heavy atom. The Bertz CT molecular complexity index is 703. The molecule has 0 radical (unpaired) electrons. The second-order valence-electron chi connectivity index (χ2n) is 8.10. The third-order valence-corrected chi connectivity index (χ3v) is 5.82. The van der Waals surface area contributed by atoms with E-state index in [-0.39, 0.29) is 0 Å². The Hall–Kier alpha value is -1.90. The van der Waals surface area contributed by atoms with E-state index < -0.39 is 0 Å². The molecule has 1 aliphatic rings. The molecule has 1 saturated carbocycles. The number of aromatic nitrogens is 2. The van der Waals surface area contributed by atoms with Crippen molar-refractivity contribution in [3.63, 3.8) is 0 Å². The molecule has 3 rings (SSSR count). The molecule has 0 spiro atoms. The molecule has 3 heteroatoms. The Balaban J connectivity index is 1.55. The first-order chi connectivity index (χ1) is 13.2. The van der Waals surface area contributed by atoms with Gasteiger partial charge in [0.05, 0.1) is 6.61 Å². The van der Waals surface area contributed by atoms with Crippen LogP contribution in [0.2, 0.25) is 0 Å². The summed E-state index contributed by atoms with van der Waals surface area (Å²) in [5.41, 5.74) is 3.41. The minimum absolute atomic E-state index is 0.719. The van der Waals surface area contributed by atoms with Gasteiger partial charge >= 0.3 is 0 Å². The molecule has 2 aromatic rings. The zero-order chi connectivity index (χ0) is 19.1. The number of hydrogen-bond acceptors (Lipinski definition) is 3. The van der Waals surface area contributed by atoms with Crippen molar-refractivity contribution in [1.29, 1.82) is 0 Å². The average molecular weight is 367 g/mol. The fourth-order valence-corrected chi connectivity index (χ4v) is 4.15. The van der Waals surface area contributed by atoms with Gasteiger partial charge in [-0.05, 0) is 61.3 Å². The molecule has 0 unspecified atom stereocenters. The lowest BCUT2D eigenvalue weighted by atomic mass is 9.80. The summed E-state index contributed by atoms with van der Waals surface area (Å²) >= 11 is 0. The number of hydrogen-bond donors (Lipinski definition) is 0. The molecule has 0 atom stereocenters. The Labute approximate surface area is 164 Å². The van der Waals surface area contributed by atoms with Crippen molar-refractivity contribution >= 4 is 0 Å². The van der Waals surface area contributed by atoms with Gasteiger partial charge in [-0.3, -0.25) is 0 Å². The molecule has 1 heterocycles. The normalized spacial score (nSPS) is 19.8. The Kier molecular flexibility index (Phi) is 7.25. The van der Waals surface area contributed by atoms with Gasteiger partial charge in [0.25, 0.3) is 0 Å². The molecule has 0 N–H and O–H groups in total. The molecular weight excluding hydrogens is 332 g/mol. The van der Waals surface area contributed by atoms with Gasteiger partial charge in [-0.1, -0.05) is 45.6 Å². The van der Waals surface area contributed by atoms with E-state index in [4.69, 9.17) is 4.74 Å². The molecule has 1 fully saturated rings. The van der Waals surface area contributed by atoms with Crippen molar-refractivity contribution in [2.45, 2.75) is 72.1 Å². The minimum atomic E-state index is 0.719. The van der Waals surface area contributed by atoms with E-state index in [1.807, 2.05) is 12.4 Å². The van der Waals surface area contributed by atoms with Crippen molar-refractivity contribution in [2.75, 3.05) is 6.61 Å². The molecule has 27 heavy (non-hydrogen) atoms. The number of aryl methyl sites for hydroxylation is 2. The summed E-state index contributed by atoms with van der Waals surface area (Å²) in [6.45, 7) is 7.43. The fraction of sp³-hybridized carbons (Fsp3) is 0.583. The van der Waals surface area contributed by atoms with E-state index in [0.717, 1.165) is 54.0 Å².